The predicted octanol–water partition coefficient (Wildman–Crippen LogP) is -0.399. The lowest BCUT2D eigenvalue weighted by molar-refractivity contribution is 0.118. The zero-order valence-corrected chi connectivity index (χ0v) is 6.15. The quantitative estimate of drug-likeness (QED) is 0.352. The first-order chi connectivity index (χ1) is 4.35. The smallest absolute Gasteiger partial charge is 0.0299 e. The minimum atomic E-state index is 0.893. The molecule has 4 heteroatoms. The third-order valence-corrected chi connectivity index (χ3v) is 0.952. The normalized spacial score (nSPS) is 10.7. The highest BCUT2D eigenvalue weighted by molar-refractivity contribution is 4.37. The average molecular weight is 132 g/mol. The largest absolute Gasteiger partial charge is 0.256 e. The third kappa shape index (κ3) is 4.35. The molecular weight excluding hydrogens is 116 g/mol. The summed E-state index contributed by atoms with van der Waals surface area (Å²) in [5.74, 6) is 5.16. The molecule has 0 aromatic carbocycles. The van der Waals surface area contributed by atoms with E-state index in [0.29, 0.717) is 0 Å². The molecule has 4 N–H and O–H groups in total. The molecule has 0 rings (SSSR count). The van der Waals surface area contributed by atoms with E-state index in [-0.39, 0.29) is 0 Å². The van der Waals surface area contributed by atoms with Gasteiger partial charge in [-0.15, -0.1) is 0 Å². The fourth-order valence-corrected chi connectivity index (χ4v) is 0.604. The maximum absolute atomic E-state index is 5.16. The minimum Gasteiger partial charge on any atom is -0.256 e. The molecule has 0 unspecified atom stereocenters. The van der Waals surface area contributed by atoms with Crippen molar-refractivity contribution in [3.63, 3.8) is 0 Å². The van der Waals surface area contributed by atoms with Gasteiger partial charge in [0.2, 0.25) is 0 Å². The van der Waals surface area contributed by atoms with Crippen molar-refractivity contribution in [2.24, 2.45) is 5.84 Å². The Kier molecular flexibility index (Phi) is 5.86. The Morgan fingerprint density at radius 2 is 2.11 bits per heavy atom. The fraction of sp³-hybridized carbons (Fsp3) is 1.00. The summed E-state index contributed by atoms with van der Waals surface area (Å²) in [5, 5.41) is 1.76. The van der Waals surface area contributed by atoms with Crippen LogP contribution in [0.5, 0.6) is 0 Å². The summed E-state index contributed by atoms with van der Waals surface area (Å²) in [6, 6.07) is 0. The number of hydrogen-bond donors (Lipinski definition) is 3. The Morgan fingerprint density at radius 1 is 1.44 bits per heavy atom. The molecule has 0 bridgehead atoms. The molecule has 9 heavy (non-hydrogen) atoms. The first-order valence-corrected chi connectivity index (χ1v) is 3.32. The van der Waals surface area contributed by atoms with Gasteiger partial charge >= 0.3 is 0 Å². The van der Waals surface area contributed by atoms with Crippen LogP contribution in [0.25, 0.3) is 0 Å². The van der Waals surface area contributed by atoms with Gasteiger partial charge in [0.1, 0.15) is 0 Å². The van der Waals surface area contributed by atoms with Gasteiger partial charge in [0.05, 0.1) is 0 Å². The van der Waals surface area contributed by atoms with Crippen molar-refractivity contribution in [3.8, 4) is 0 Å². The van der Waals surface area contributed by atoms with Crippen LogP contribution >= 0.6 is 0 Å². The molecule has 0 radical (unpaired) electrons. The van der Waals surface area contributed by atoms with Crippen molar-refractivity contribution >= 4 is 0 Å². The van der Waals surface area contributed by atoms with E-state index in [1.165, 1.54) is 0 Å². The molecule has 0 heterocycles. The topological polar surface area (TPSA) is 53.3 Å². The Morgan fingerprint density at radius 3 is 2.44 bits per heavy atom. The summed E-state index contributed by atoms with van der Waals surface area (Å²) in [6.45, 7) is 5.94. The Bertz CT molecular complexity index is 50.9. The highest BCUT2D eigenvalue weighted by Gasteiger charge is 1.94. The van der Waals surface area contributed by atoms with Gasteiger partial charge in [0.15, 0.2) is 0 Å². The van der Waals surface area contributed by atoms with E-state index < -0.39 is 0 Å². The molecule has 0 atom stereocenters. The van der Waals surface area contributed by atoms with Gasteiger partial charge in [0.25, 0.3) is 0 Å². The van der Waals surface area contributed by atoms with Crippen molar-refractivity contribution in [1.29, 1.82) is 0 Å². The number of hydrazine groups is 3. The summed E-state index contributed by atoms with van der Waals surface area (Å²) in [4.78, 5) is 0. The van der Waals surface area contributed by atoms with Gasteiger partial charge in [0, 0.05) is 13.1 Å². The second kappa shape index (κ2) is 5.97. The molecule has 56 valence electrons. The molecule has 0 aliphatic carbocycles. The van der Waals surface area contributed by atoms with E-state index in [4.69, 9.17) is 5.84 Å². The van der Waals surface area contributed by atoms with E-state index in [9.17, 15) is 0 Å². The zero-order valence-electron chi connectivity index (χ0n) is 6.15. The van der Waals surface area contributed by atoms with Crippen LogP contribution in [0.3, 0.4) is 0 Å². The highest BCUT2D eigenvalue weighted by Crippen LogP contribution is 1.77. The van der Waals surface area contributed by atoms with Crippen LogP contribution in [0.2, 0.25) is 0 Å². The molecule has 0 aromatic heterocycles. The van der Waals surface area contributed by atoms with Gasteiger partial charge in [-0.25, -0.2) is 5.43 Å². The van der Waals surface area contributed by atoms with Crippen molar-refractivity contribution in [2.75, 3.05) is 13.1 Å². The van der Waals surface area contributed by atoms with Gasteiger partial charge in [-0.2, -0.15) is 10.7 Å². The van der Waals surface area contributed by atoms with E-state index in [2.05, 4.69) is 17.9 Å². The monoisotopic (exact) mass is 132 g/mol. The minimum absolute atomic E-state index is 0.893. The lowest BCUT2D eigenvalue weighted by atomic mass is 10.5. The zero-order chi connectivity index (χ0) is 7.11. The molecule has 4 nitrogen and oxygen atoms in total. The van der Waals surface area contributed by atoms with Gasteiger partial charge in [-0.3, -0.25) is 5.84 Å². The summed E-state index contributed by atoms with van der Waals surface area (Å²) in [5.41, 5.74) is 5.56. The molecule has 0 aromatic rings. The van der Waals surface area contributed by atoms with E-state index in [1.807, 2.05) is 6.92 Å². The second-order valence-corrected chi connectivity index (χ2v) is 1.79. The highest BCUT2D eigenvalue weighted by atomic mass is 15.8. The molecule has 0 amide bonds. The SMILES string of the molecule is CCCN(NN)NCC. The summed E-state index contributed by atoms with van der Waals surface area (Å²) in [6.07, 6.45) is 1.08. The number of rotatable bonds is 5. The predicted molar refractivity (Wildman–Crippen MR) is 38.0 cm³/mol. The molecule has 0 aliphatic rings. The summed E-state index contributed by atoms with van der Waals surface area (Å²) >= 11 is 0. The molecule has 0 saturated carbocycles. The standard InChI is InChI=1S/C5H16N4/c1-3-5-9(8-6)7-4-2/h7-8H,3-6H2,1-2H3. The fourth-order valence-electron chi connectivity index (χ4n) is 0.604. The summed E-state index contributed by atoms with van der Waals surface area (Å²) in [7, 11) is 0. The Hall–Kier alpha value is -0.160. The van der Waals surface area contributed by atoms with Crippen LogP contribution in [0.1, 0.15) is 20.3 Å². The average Bonchev–Trinajstić information content (AvgIpc) is 1.88. The molecule has 0 aliphatic heterocycles. The lowest BCUT2D eigenvalue weighted by Gasteiger charge is -2.19. The molecular formula is C5H16N4. The maximum Gasteiger partial charge on any atom is 0.0299 e. The number of nitrogens with zero attached hydrogens (tertiary/aromatic N) is 1. The van der Waals surface area contributed by atoms with Crippen molar-refractivity contribution in [2.45, 2.75) is 20.3 Å². The van der Waals surface area contributed by atoms with E-state index >= 15 is 0 Å². The molecule has 0 fully saturated rings. The van der Waals surface area contributed by atoms with Crippen LogP contribution in [0.4, 0.5) is 0 Å². The first-order valence-electron chi connectivity index (χ1n) is 3.32. The molecule has 0 saturated heterocycles. The Balaban J connectivity index is 3.18. The van der Waals surface area contributed by atoms with Crippen LogP contribution in [-0.2, 0) is 0 Å². The van der Waals surface area contributed by atoms with Crippen LogP contribution in [-0.4, -0.2) is 18.2 Å². The maximum atomic E-state index is 5.16. The van der Waals surface area contributed by atoms with E-state index in [0.717, 1.165) is 19.5 Å². The summed E-state index contributed by atoms with van der Waals surface area (Å²) < 4.78 is 0. The van der Waals surface area contributed by atoms with Crippen molar-refractivity contribution < 1.29 is 0 Å². The van der Waals surface area contributed by atoms with E-state index in [1.54, 1.807) is 5.12 Å². The second-order valence-electron chi connectivity index (χ2n) is 1.79. The first kappa shape index (κ1) is 8.84. The number of hydrogen-bond acceptors (Lipinski definition) is 4. The van der Waals surface area contributed by atoms with Gasteiger partial charge in [-0.05, 0) is 6.42 Å². The van der Waals surface area contributed by atoms with Crippen LogP contribution < -0.4 is 16.8 Å². The number of nitrogens with one attached hydrogen (secondary N) is 2. The Labute approximate surface area is 56.3 Å². The van der Waals surface area contributed by atoms with Gasteiger partial charge < -0.3 is 0 Å². The lowest BCUT2D eigenvalue weighted by Crippen LogP contribution is -2.51. The van der Waals surface area contributed by atoms with Crippen molar-refractivity contribution in [3.05, 3.63) is 0 Å². The third-order valence-electron chi connectivity index (χ3n) is 0.952. The van der Waals surface area contributed by atoms with Gasteiger partial charge in [-0.1, -0.05) is 13.8 Å². The molecule has 0 spiro atoms. The number of nitrogens with two attached hydrogens (primary N) is 1. The van der Waals surface area contributed by atoms with Crippen molar-refractivity contribution in [1.82, 2.24) is 16.1 Å². The van der Waals surface area contributed by atoms with Crippen LogP contribution in [0.15, 0.2) is 0 Å². The van der Waals surface area contributed by atoms with Crippen LogP contribution in [0, 0.1) is 0 Å².